The van der Waals surface area contributed by atoms with Crippen molar-refractivity contribution in [1.29, 1.82) is 0 Å². The molecule has 1 saturated heterocycles. The van der Waals surface area contributed by atoms with Crippen LogP contribution in [0.5, 0.6) is 0 Å². The molecular weight excluding hydrogens is 193 g/mol. The summed E-state index contributed by atoms with van der Waals surface area (Å²) in [7, 11) is 0. The zero-order valence-corrected chi connectivity index (χ0v) is 9.16. The van der Waals surface area contributed by atoms with Gasteiger partial charge in [-0.3, -0.25) is 0 Å². The molecule has 0 spiro atoms. The fourth-order valence-electron chi connectivity index (χ4n) is 1.87. The third-order valence-electron chi connectivity index (χ3n) is 2.85. The first kappa shape index (κ1) is 10.4. The van der Waals surface area contributed by atoms with E-state index < -0.39 is 0 Å². The van der Waals surface area contributed by atoms with E-state index in [4.69, 9.17) is 4.74 Å². The van der Waals surface area contributed by atoms with Crippen LogP contribution in [0.1, 0.15) is 12.5 Å². The van der Waals surface area contributed by atoms with Crippen LogP contribution in [-0.4, -0.2) is 25.8 Å². The highest BCUT2D eigenvalue weighted by Gasteiger charge is 2.19. The molecule has 82 valence electrons. The zero-order valence-electron chi connectivity index (χ0n) is 9.16. The Hall–Kier alpha value is -1.09. The van der Waals surface area contributed by atoms with E-state index in [1.807, 2.05) is 12.1 Å². The summed E-state index contributed by atoms with van der Waals surface area (Å²) in [5.74, 6) is -0.133. The third kappa shape index (κ3) is 2.12. The quantitative estimate of drug-likeness (QED) is 0.704. The highest BCUT2D eigenvalue weighted by Crippen LogP contribution is 2.21. The summed E-state index contributed by atoms with van der Waals surface area (Å²) in [4.78, 5) is 2.19. The highest BCUT2D eigenvalue weighted by atomic mass is 19.1. The molecule has 0 unspecified atom stereocenters. The number of morpholine rings is 1. The summed E-state index contributed by atoms with van der Waals surface area (Å²) in [6.45, 7) is 6.15. The number of hydrogen-bond acceptors (Lipinski definition) is 2. The van der Waals surface area contributed by atoms with Crippen LogP contribution in [0.25, 0.3) is 0 Å². The first-order valence-electron chi connectivity index (χ1n) is 5.29. The lowest BCUT2D eigenvalue weighted by molar-refractivity contribution is 0.0989. The minimum Gasteiger partial charge on any atom is -0.377 e. The number of hydrogen-bond donors (Lipinski definition) is 0. The Morgan fingerprint density at radius 1 is 1.47 bits per heavy atom. The summed E-state index contributed by atoms with van der Waals surface area (Å²) in [5, 5.41) is 0. The monoisotopic (exact) mass is 209 g/mol. The predicted molar refractivity (Wildman–Crippen MR) is 58.8 cm³/mol. The predicted octanol–water partition coefficient (Wildman–Crippen LogP) is 2.36. The Morgan fingerprint density at radius 3 is 2.93 bits per heavy atom. The third-order valence-corrected chi connectivity index (χ3v) is 2.85. The first-order valence-corrected chi connectivity index (χ1v) is 5.29. The van der Waals surface area contributed by atoms with Gasteiger partial charge in [0.1, 0.15) is 5.82 Å². The maximum atomic E-state index is 13.4. The average molecular weight is 209 g/mol. The standard InChI is InChI=1S/C12H16FNO/c1-9-3-4-11(7-12(9)13)14-5-6-15-8-10(14)2/h3-4,7,10H,5-6,8H2,1-2H3/t10-/m0/s1. The minimum atomic E-state index is -0.133. The minimum absolute atomic E-state index is 0.133. The van der Waals surface area contributed by atoms with Crippen molar-refractivity contribution >= 4 is 5.69 Å². The topological polar surface area (TPSA) is 12.5 Å². The number of rotatable bonds is 1. The van der Waals surface area contributed by atoms with E-state index in [2.05, 4.69) is 11.8 Å². The van der Waals surface area contributed by atoms with Crippen molar-refractivity contribution in [1.82, 2.24) is 0 Å². The van der Waals surface area contributed by atoms with Gasteiger partial charge in [-0.2, -0.15) is 0 Å². The molecule has 1 fully saturated rings. The fourth-order valence-corrected chi connectivity index (χ4v) is 1.87. The number of nitrogens with zero attached hydrogens (tertiary/aromatic N) is 1. The normalized spacial score (nSPS) is 21.8. The van der Waals surface area contributed by atoms with Crippen LogP contribution in [0.15, 0.2) is 18.2 Å². The summed E-state index contributed by atoms with van der Waals surface area (Å²) >= 11 is 0. The van der Waals surface area contributed by atoms with Crippen LogP contribution < -0.4 is 4.90 Å². The lowest BCUT2D eigenvalue weighted by atomic mass is 10.1. The maximum Gasteiger partial charge on any atom is 0.128 e. The first-order chi connectivity index (χ1) is 7.18. The number of benzene rings is 1. The second-order valence-electron chi connectivity index (χ2n) is 4.05. The second-order valence-corrected chi connectivity index (χ2v) is 4.05. The lowest BCUT2D eigenvalue weighted by Gasteiger charge is -2.35. The molecule has 0 aromatic heterocycles. The molecule has 1 aliphatic rings. The van der Waals surface area contributed by atoms with Crippen molar-refractivity contribution in [2.45, 2.75) is 19.9 Å². The van der Waals surface area contributed by atoms with Crippen molar-refractivity contribution in [3.05, 3.63) is 29.6 Å². The molecule has 0 N–H and O–H groups in total. The van der Waals surface area contributed by atoms with Gasteiger partial charge in [-0.25, -0.2) is 4.39 Å². The van der Waals surface area contributed by atoms with Gasteiger partial charge in [0.2, 0.25) is 0 Å². The van der Waals surface area contributed by atoms with Gasteiger partial charge in [0.15, 0.2) is 0 Å². The summed E-state index contributed by atoms with van der Waals surface area (Å²) in [6.07, 6.45) is 0. The van der Waals surface area contributed by atoms with Crippen LogP contribution in [0, 0.1) is 12.7 Å². The highest BCUT2D eigenvalue weighted by molar-refractivity contribution is 5.49. The van der Waals surface area contributed by atoms with Gasteiger partial charge >= 0.3 is 0 Å². The zero-order chi connectivity index (χ0) is 10.8. The van der Waals surface area contributed by atoms with E-state index in [1.165, 1.54) is 0 Å². The molecule has 0 amide bonds. The smallest absolute Gasteiger partial charge is 0.128 e. The molecule has 3 heteroatoms. The van der Waals surface area contributed by atoms with Crippen LogP contribution in [-0.2, 0) is 4.74 Å². The molecule has 0 bridgehead atoms. The van der Waals surface area contributed by atoms with Gasteiger partial charge in [-0.1, -0.05) is 6.07 Å². The Morgan fingerprint density at radius 2 is 2.27 bits per heavy atom. The van der Waals surface area contributed by atoms with Crippen LogP contribution in [0.3, 0.4) is 0 Å². The molecule has 1 aliphatic heterocycles. The Labute approximate surface area is 89.7 Å². The molecule has 1 aromatic rings. The molecule has 0 saturated carbocycles. The van der Waals surface area contributed by atoms with Crippen LogP contribution in [0.4, 0.5) is 10.1 Å². The largest absolute Gasteiger partial charge is 0.377 e. The van der Waals surface area contributed by atoms with Crippen molar-refractivity contribution in [3.63, 3.8) is 0 Å². The van der Waals surface area contributed by atoms with E-state index >= 15 is 0 Å². The summed E-state index contributed by atoms with van der Waals surface area (Å²) < 4.78 is 18.8. The lowest BCUT2D eigenvalue weighted by Crippen LogP contribution is -2.43. The van der Waals surface area contributed by atoms with Gasteiger partial charge in [-0.05, 0) is 31.5 Å². The summed E-state index contributed by atoms with van der Waals surface area (Å²) in [5.41, 5.74) is 1.65. The molecule has 1 atom stereocenters. The van der Waals surface area contributed by atoms with E-state index in [0.717, 1.165) is 25.4 Å². The molecule has 0 aliphatic carbocycles. The van der Waals surface area contributed by atoms with Gasteiger partial charge in [-0.15, -0.1) is 0 Å². The Bertz CT molecular complexity index is 353. The van der Waals surface area contributed by atoms with Gasteiger partial charge in [0, 0.05) is 18.3 Å². The summed E-state index contributed by atoms with van der Waals surface area (Å²) in [6, 6.07) is 5.73. The van der Waals surface area contributed by atoms with E-state index in [-0.39, 0.29) is 5.82 Å². The number of anilines is 1. The molecule has 1 aromatic carbocycles. The maximum absolute atomic E-state index is 13.4. The molecule has 2 rings (SSSR count). The fraction of sp³-hybridized carbons (Fsp3) is 0.500. The van der Waals surface area contributed by atoms with Crippen molar-refractivity contribution < 1.29 is 9.13 Å². The van der Waals surface area contributed by atoms with E-state index in [9.17, 15) is 4.39 Å². The van der Waals surface area contributed by atoms with Gasteiger partial charge < -0.3 is 9.64 Å². The SMILES string of the molecule is Cc1ccc(N2CCOC[C@@H]2C)cc1F. The number of halogens is 1. The molecule has 1 heterocycles. The van der Waals surface area contributed by atoms with Crippen molar-refractivity contribution in [2.24, 2.45) is 0 Å². The van der Waals surface area contributed by atoms with Crippen molar-refractivity contribution in [3.8, 4) is 0 Å². The molecule has 2 nitrogen and oxygen atoms in total. The Kier molecular flexibility index (Phi) is 2.91. The van der Waals surface area contributed by atoms with Crippen LogP contribution in [0.2, 0.25) is 0 Å². The number of ether oxygens (including phenoxy) is 1. The number of aryl methyl sites for hydroxylation is 1. The molecule has 15 heavy (non-hydrogen) atoms. The van der Waals surface area contributed by atoms with Crippen LogP contribution >= 0.6 is 0 Å². The van der Waals surface area contributed by atoms with Crippen molar-refractivity contribution in [2.75, 3.05) is 24.7 Å². The van der Waals surface area contributed by atoms with Gasteiger partial charge in [0.25, 0.3) is 0 Å². The molecular formula is C12H16FNO. The van der Waals surface area contributed by atoms with E-state index in [1.54, 1.807) is 13.0 Å². The second kappa shape index (κ2) is 4.19. The van der Waals surface area contributed by atoms with Gasteiger partial charge in [0.05, 0.1) is 13.2 Å². The average Bonchev–Trinajstić information content (AvgIpc) is 2.23. The van der Waals surface area contributed by atoms with E-state index in [0.29, 0.717) is 11.6 Å². The molecule has 0 radical (unpaired) electrons. The Balaban J connectivity index is 2.24.